The van der Waals surface area contributed by atoms with Gasteiger partial charge in [0, 0.05) is 48.6 Å². The number of aromatic nitrogens is 3. The summed E-state index contributed by atoms with van der Waals surface area (Å²) in [5.41, 5.74) is 3.68. The number of benzene rings is 1. The van der Waals surface area contributed by atoms with Crippen molar-refractivity contribution in [3.63, 3.8) is 0 Å². The molecule has 3 aromatic rings. The number of pyridine rings is 1. The van der Waals surface area contributed by atoms with Crippen LogP contribution in [0.5, 0.6) is 0 Å². The molecule has 4 rings (SSSR count). The zero-order valence-corrected chi connectivity index (χ0v) is 19.2. The zero-order valence-electron chi connectivity index (χ0n) is 18.3. The van der Waals surface area contributed by atoms with Gasteiger partial charge in [-0.3, -0.25) is 4.79 Å². The molecule has 1 aromatic carbocycles. The molecule has 0 fully saturated rings. The van der Waals surface area contributed by atoms with E-state index in [1.54, 1.807) is 22.5 Å². The minimum Gasteiger partial charge on any atom is -0.339 e. The van der Waals surface area contributed by atoms with Crippen molar-refractivity contribution in [2.24, 2.45) is 7.05 Å². The highest BCUT2D eigenvalue weighted by molar-refractivity contribution is 8.00. The van der Waals surface area contributed by atoms with Crippen molar-refractivity contribution in [2.75, 3.05) is 24.2 Å². The molecule has 0 spiro atoms. The number of nitrogens with zero attached hydrogens (tertiary/aromatic N) is 4. The summed E-state index contributed by atoms with van der Waals surface area (Å²) < 4.78 is 1.74. The number of rotatable bonds is 6. The fraction of sp³-hybridized carbons (Fsp3) is 0.348. The van der Waals surface area contributed by atoms with Crippen molar-refractivity contribution in [2.45, 2.75) is 37.0 Å². The van der Waals surface area contributed by atoms with Crippen LogP contribution >= 0.6 is 11.8 Å². The van der Waals surface area contributed by atoms with E-state index in [1.165, 1.54) is 4.90 Å². The minimum absolute atomic E-state index is 0.0658. The third kappa shape index (κ3) is 4.91. The Kier molecular flexibility index (Phi) is 6.29. The van der Waals surface area contributed by atoms with Gasteiger partial charge in [-0.1, -0.05) is 26.0 Å². The highest BCUT2D eigenvalue weighted by atomic mass is 32.2. The molecule has 0 bridgehead atoms. The molecule has 1 aliphatic heterocycles. The van der Waals surface area contributed by atoms with Crippen LogP contribution in [0.3, 0.4) is 0 Å². The second-order valence-corrected chi connectivity index (χ2v) is 9.68. The SMILES string of the molecule is CC(C)Sc1ccccc1Nc1ccnc(Nc2cc3c(n(C)c2=O)CCN(C)C3)n1. The summed E-state index contributed by atoms with van der Waals surface area (Å²) in [7, 11) is 3.93. The lowest BCUT2D eigenvalue weighted by molar-refractivity contribution is 0.306. The Bertz CT molecular complexity index is 1140. The van der Waals surface area contributed by atoms with E-state index in [9.17, 15) is 4.79 Å². The van der Waals surface area contributed by atoms with Gasteiger partial charge >= 0.3 is 0 Å². The maximum absolute atomic E-state index is 12.9. The first kappa shape index (κ1) is 21.4. The summed E-state index contributed by atoms with van der Waals surface area (Å²) in [6.07, 6.45) is 2.56. The molecule has 162 valence electrons. The molecule has 3 heterocycles. The summed E-state index contributed by atoms with van der Waals surface area (Å²) in [6, 6.07) is 11.9. The Morgan fingerprint density at radius 3 is 2.71 bits per heavy atom. The molecule has 0 aliphatic carbocycles. The number of nitrogens with one attached hydrogen (secondary N) is 2. The van der Waals surface area contributed by atoms with Crippen molar-refractivity contribution in [3.8, 4) is 0 Å². The smallest absolute Gasteiger partial charge is 0.274 e. The van der Waals surface area contributed by atoms with Crippen LogP contribution in [-0.4, -0.2) is 38.3 Å². The molecule has 0 unspecified atom stereocenters. The Morgan fingerprint density at radius 1 is 1.10 bits per heavy atom. The largest absolute Gasteiger partial charge is 0.339 e. The van der Waals surface area contributed by atoms with Crippen LogP contribution in [0.1, 0.15) is 25.1 Å². The molecular formula is C23H28N6OS. The fourth-order valence-electron chi connectivity index (χ4n) is 3.73. The number of hydrogen-bond acceptors (Lipinski definition) is 7. The predicted octanol–water partition coefficient (Wildman–Crippen LogP) is 4.15. The average molecular weight is 437 g/mol. The third-order valence-corrected chi connectivity index (χ3v) is 6.30. The molecule has 8 heteroatoms. The van der Waals surface area contributed by atoms with E-state index in [0.717, 1.165) is 36.5 Å². The Morgan fingerprint density at radius 2 is 1.90 bits per heavy atom. The van der Waals surface area contributed by atoms with Crippen LogP contribution in [0.2, 0.25) is 0 Å². The topological polar surface area (TPSA) is 75.1 Å². The lowest BCUT2D eigenvalue weighted by Gasteiger charge is -2.27. The van der Waals surface area contributed by atoms with E-state index in [1.807, 2.05) is 37.4 Å². The van der Waals surface area contributed by atoms with E-state index < -0.39 is 0 Å². The normalized spacial score (nSPS) is 13.8. The first-order valence-electron chi connectivity index (χ1n) is 10.4. The molecule has 0 saturated heterocycles. The van der Waals surface area contributed by atoms with E-state index in [2.05, 4.69) is 52.5 Å². The molecule has 0 atom stereocenters. The summed E-state index contributed by atoms with van der Waals surface area (Å²) in [6.45, 7) is 6.13. The molecule has 7 nitrogen and oxygen atoms in total. The summed E-state index contributed by atoms with van der Waals surface area (Å²) in [5, 5.41) is 6.99. The summed E-state index contributed by atoms with van der Waals surface area (Å²) in [5.74, 6) is 1.06. The highest BCUT2D eigenvalue weighted by Crippen LogP contribution is 2.31. The van der Waals surface area contributed by atoms with Gasteiger partial charge in [0.05, 0.1) is 5.69 Å². The number of fused-ring (bicyclic) bond motifs is 1. The number of para-hydroxylation sites is 1. The number of hydrogen-bond donors (Lipinski definition) is 2. The maximum atomic E-state index is 12.9. The molecule has 1 aliphatic rings. The minimum atomic E-state index is -0.0658. The van der Waals surface area contributed by atoms with Gasteiger partial charge < -0.3 is 20.1 Å². The van der Waals surface area contributed by atoms with Crippen LogP contribution in [-0.2, 0) is 20.0 Å². The predicted molar refractivity (Wildman–Crippen MR) is 128 cm³/mol. The van der Waals surface area contributed by atoms with Gasteiger partial charge in [-0.05, 0) is 36.9 Å². The van der Waals surface area contributed by atoms with Gasteiger partial charge in [0.25, 0.3) is 5.56 Å². The maximum Gasteiger partial charge on any atom is 0.274 e. The third-order valence-electron chi connectivity index (χ3n) is 5.21. The van der Waals surface area contributed by atoms with Crippen LogP contribution in [0, 0.1) is 0 Å². The quantitative estimate of drug-likeness (QED) is 0.562. The van der Waals surface area contributed by atoms with Gasteiger partial charge in [-0.25, -0.2) is 4.98 Å². The summed E-state index contributed by atoms with van der Waals surface area (Å²) in [4.78, 5) is 25.2. The first-order chi connectivity index (χ1) is 14.9. The lowest BCUT2D eigenvalue weighted by atomic mass is 10.1. The van der Waals surface area contributed by atoms with Gasteiger partial charge in [-0.2, -0.15) is 4.98 Å². The van der Waals surface area contributed by atoms with E-state index in [4.69, 9.17) is 0 Å². The van der Waals surface area contributed by atoms with Gasteiger partial charge in [0.2, 0.25) is 5.95 Å². The second kappa shape index (κ2) is 9.11. The molecule has 0 radical (unpaired) electrons. The first-order valence-corrected chi connectivity index (χ1v) is 11.3. The zero-order chi connectivity index (χ0) is 22.0. The fourth-order valence-corrected chi connectivity index (χ4v) is 4.64. The van der Waals surface area contributed by atoms with E-state index in [0.29, 0.717) is 22.7 Å². The molecule has 2 aromatic heterocycles. The lowest BCUT2D eigenvalue weighted by Crippen LogP contribution is -2.33. The van der Waals surface area contributed by atoms with Crippen LogP contribution in [0.4, 0.5) is 23.1 Å². The number of thioether (sulfide) groups is 1. The standard InChI is InChI=1S/C23H28N6OS/c1-15(2)31-20-8-6-5-7-17(20)25-21-9-11-24-23(27-21)26-18-13-16-14-28(3)12-10-19(16)29(4)22(18)30/h5-9,11,13,15H,10,12,14H2,1-4H3,(H2,24,25,26,27). The van der Waals surface area contributed by atoms with Crippen LogP contribution in [0.25, 0.3) is 0 Å². The van der Waals surface area contributed by atoms with Crippen molar-refractivity contribution < 1.29 is 0 Å². The molecular weight excluding hydrogens is 408 g/mol. The molecule has 31 heavy (non-hydrogen) atoms. The second-order valence-electron chi connectivity index (χ2n) is 8.06. The van der Waals surface area contributed by atoms with E-state index in [-0.39, 0.29) is 5.56 Å². The summed E-state index contributed by atoms with van der Waals surface area (Å²) >= 11 is 1.80. The Hall–Kier alpha value is -2.84. The van der Waals surface area contributed by atoms with Crippen molar-refractivity contribution in [3.05, 3.63) is 64.2 Å². The monoisotopic (exact) mass is 436 g/mol. The number of anilines is 4. The Balaban J connectivity index is 1.59. The highest BCUT2D eigenvalue weighted by Gasteiger charge is 2.19. The molecule has 0 saturated carbocycles. The van der Waals surface area contributed by atoms with Gasteiger partial charge in [-0.15, -0.1) is 11.8 Å². The van der Waals surface area contributed by atoms with Crippen molar-refractivity contribution in [1.82, 2.24) is 19.4 Å². The van der Waals surface area contributed by atoms with Gasteiger partial charge in [0.1, 0.15) is 11.5 Å². The average Bonchev–Trinajstić information content (AvgIpc) is 2.73. The van der Waals surface area contributed by atoms with Crippen LogP contribution < -0.4 is 16.2 Å². The van der Waals surface area contributed by atoms with Crippen LogP contribution in [0.15, 0.2) is 52.3 Å². The van der Waals surface area contributed by atoms with Crippen molar-refractivity contribution >= 4 is 34.9 Å². The van der Waals surface area contributed by atoms with Gasteiger partial charge in [0.15, 0.2) is 0 Å². The van der Waals surface area contributed by atoms with Crippen molar-refractivity contribution in [1.29, 1.82) is 0 Å². The Labute approximate surface area is 186 Å². The molecule has 0 amide bonds. The van der Waals surface area contributed by atoms with E-state index >= 15 is 0 Å². The molecule has 2 N–H and O–H groups in total. The number of likely N-dealkylation sites (N-methyl/N-ethyl adjacent to an activating group) is 1.